The minimum Gasteiger partial charge on any atom is -0.340 e. The van der Waals surface area contributed by atoms with Crippen LogP contribution in [0.5, 0.6) is 0 Å². The van der Waals surface area contributed by atoms with Crippen molar-refractivity contribution >= 4 is 10.9 Å². The number of hydrogen-bond donors (Lipinski definition) is 0. The van der Waals surface area contributed by atoms with Gasteiger partial charge in [0.15, 0.2) is 5.54 Å². The summed E-state index contributed by atoms with van der Waals surface area (Å²) in [5, 5.41) is 15.8. The van der Waals surface area contributed by atoms with Crippen LogP contribution in [0.1, 0.15) is 27.9 Å². The molecule has 0 spiro atoms. The molecule has 0 radical (unpaired) electrons. The fourth-order valence-electron chi connectivity index (χ4n) is 6.71. The first-order chi connectivity index (χ1) is 23.2. The molecule has 0 N–H and O–H groups in total. The number of tetrazole rings is 1. The van der Waals surface area contributed by atoms with E-state index in [0.717, 1.165) is 45.3 Å². The third-order valence-electron chi connectivity index (χ3n) is 8.97. The first-order valence-corrected chi connectivity index (χ1v) is 15.8. The van der Waals surface area contributed by atoms with E-state index in [2.05, 4.69) is 144 Å². The van der Waals surface area contributed by atoms with Gasteiger partial charge < -0.3 is 4.57 Å². The summed E-state index contributed by atoms with van der Waals surface area (Å²) in [5.41, 5.74) is 9.03. The Labute approximate surface area is 273 Å². The number of aromatic nitrogens is 6. The number of benzene rings is 5. The molecule has 47 heavy (non-hydrogen) atoms. The average molecular weight is 609 g/mol. The van der Waals surface area contributed by atoms with Gasteiger partial charge in [-0.25, -0.2) is 0 Å². The van der Waals surface area contributed by atoms with Gasteiger partial charge in [0.25, 0.3) is 0 Å². The lowest BCUT2D eigenvalue weighted by Crippen LogP contribution is -2.39. The number of hydrogen-bond acceptors (Lipinski definition) is 4. The quantitative estimate of drug-likeness (QED) is 0.162. The van der Waals surface area contributed by atoms with Gasteiger partial charge in [-0.1, -0.05) is 140 Å². The minimum absolute atomic E-state index is 0.569. The van der Waals surface area contributed by atoms with Crippen LogP contribution < -0.4 is 0 Å². The second-order valence-electron chi connectivity index (χ2n) is 11.8. The van der Waals surface area contributed by atoms with Crippen LogP contribution in [0.3, 0.4) is 0 Å². The Bertz CT molecular complexity index is 2170. The zero-order valence-electron chi connectivity index (χ0n) is 26.0. The molecular weight excluding hydrogens is 576 g/mol. The first-order valence-electron chi connectivity index (χ1n) is 15.8. The number of aryl methyl sites for hydroxylation is 1. The molecule has 6 nitrogen and oxygen atoms in total. The van der Waals surface area contributed by atoms with Crippen LogP contribution >= 0.6 is 0 Å². The highest BCUT2D eigenvalue weighted by molar-refractivity contribution is 5.81. The average Bonchev–Trinajstić information content (AvgIpc) is 3.75. The molecule has 0 saturated heterocycles. The van der Waals surface area contributed by atoms with Gasteiger partial charge >= 0.3 is 0 Å². The molecule has 0 saturated carbocycles. The standard InChI is InChI=1S/C41H32N6/c1-30-27-33-28-42-26-25-39(33)46(30)29-31-21-23-32(24-22-31)37-19-11-12-20-38(37)40-43-45-47(44-40)41(34-13-5-2-6-14-34,35-15-7-3-8-16-35)36-17-9-4-10-18-36/h2-28H,29H2,1H3. The summed E-state index contributed by atoms with van der Waals surface area (Å²) in [6, 6.07) is 52.6. The number of nitrogens with zero attached hydrogens (tertiary/aromatic N) is 6. The van der Waals surface area contributed by atoms with Gasteiger partial charge in [-0.3, -0.25) is 4.98 Å². The minimum atomic E-state index is -0.831. The second-order valence-corrected chi connectivity index (χ2v) is 11.8. The van der Waals surface area contributed by atoms with E-state index in [0.29, 0.717) is 5.82 Å². The molecular formula is C41H32N6. The molecule has 0 aliphatic heterocycles. The first kappa shape index (κ1) is 28.3. The largest absolute Gasteiger partial charge is 0.340 e. The van der Waals surface area contributed by atoms with E-state index in [1.165, 1.54) is 16.8 Å². The topological polar surface area (TPSA) is 61.4 Å². The predicted molar refractivity (Wildman–Crippen MR) is 187 cm³/mol. The Morgan fingerprint density at radius 2 is 1.19 bits per heavy atom. The smallest absolute Gasteiger partial charge is 0.205 e. The van der Waals surface area contributed by atoms with Gasteiger partial charge in [-0.05, 0) is 57.7 Å². The highest BCUT2D eigenvalue weighted by Crippen LogP contribution is 2.40. The Hall–Kier alpha value is -6.14. The molecule has 0 aliphatic rings. The fourth-order valence-corrected chi connectivity index (χ4v) is 6.71. The van der Waals surface area contributed by atoms with Crippen molar-refractivity contribution in [2.24, 2.45) is 0 Å². The van der Waals surface area contributed by atoms with E-state index >= 15 is 0 Å². The Morgan fingerprint density at radius 1 is 0.617 bits per heavy atom. The van der Waals surface area contributed by atoms with Crippen LogP contribution in [0.15, 0.2) is 164 Å². The number of pyridine rings is 1. The van der Waals surface area contributed by atoms with Crippen LogP contribution in [0.4, 0.5) is 0 Å². The van der Waals surface area contributed by atoms with Crippen molar-refractivity contribution < 1.29 is 0 Å². The summed E-state index contributed by atoms with van der Waals surface area (Å²) in [7, 11) is 0. The molecule has 226 valence electrons. The zero-order valence-corrected chi connectivity index (χ0v) is 26.0. The van der Waals surface area contributed by atoms with Gasteiger partial charge in [0.2, 0.25) is 5.82 Å². The van der Waals surface area contributed by atoms with E-state index in [1.807, 2.05) is 36.7 Å². The molecule has 8 rings (SSSR count). The van der Waals surface area contributed by atoms with Crippen molar-refractivity contribution in [2.75, 3.05) is 0 Å². The molecule has 5 aromatic carbocycles. The maximum atomic E-state index is 5.16. The molecule has 0 amide bonds. The lowest BCUT2D eigenvalue weighted by atomic mass is 9.77. The summed E-state index contributed by atoms with van der Waals surface area (Å²) < 4.78 is 2.33. The molecule has 0 bridgehead atoms. The number of rotatable bonds is 8. The van der Waals surface area contributed by atoms with E-state index in [-0.39, 0.29) is 0 Å². The maximum absolute atomic E-state index is 5.16. The van der Waals surface area contributed by atoms with Gasteiger partial charge in [-0.2, -0.15) is 0 Å². The van der Waals surface area contributed by atoms with Gasteiger partial charge in [-0.15, -0.1) is 15.0 Å². The van der Waals surface area contributed by atoms with Crippen molar-refractivity contribution in [2.45, 2.75) is 19.0 Å². The zero-order chi connectivity index (χ0) is 31.6. The summed E-state index contributed by atoms with van der Waals surface area (Å²) >= 11 is 0. The van der Waals surface area contributed by atoms with Gasteiger partial charge in [0.05, 0.1) is 5.52 Å². The van der Waals surface area contributed by atoms with Crippen LogP contribution in [-0.4, -0.2) is 29.8 Å². The lowest BCUT2D eigenvalue weighted by molar-refractivity contribution is 0.396. The van der Waals surface area contributed by atoms with Gasteiger partial charge in [0.1, 0.15) is 0 Å². The van der Waals surface area contributed by atoms with Crippen molar-refractivity contribution in [3.05, 3.63) is 192 Å². The SMILES string of the molecule is Cc1cc2cnccc2n1Cc1ccc(-c2ccccc2-c2nnn(C(c3ccccc3)(c3ccccc3)c3ccccc3)n2)cc1. The summed E-state index contributed by atoms with van der Waals surface area (Å²) in [4.78, 5) is 6.06. The van der Waals surface area contributed by atoms with Crippen molar-refractivity contribution in [1.29, 1.82) is 0 Å². The third kappa shape index (κ3) is 5.00. The Morgan fingerprint density at radius 3 is 1.81 bits per heavy atom. The lowest BCUT2D eigenvalue weighted by Gasteiger charge is -2.34. The van der Waals surface area contributed by atoms with E-state index in [9.17, 15) is 0 Å². The molecule has 0 fully saturated rings. The number of fused-ring (bicyclic) bond motifs is 1. The van der Waals surface area contributed by atoms with Crippen molar-refractivity contribution in [3.8, 4) is 22.5 Å². The fraction of sp³-hybridized carbons (Fsp3) is 0.0732. The highest BCUT2D eigenvalue weighted by Gasteiger charge is 2.41. The molecule has 3 aromatic heterocycles. The summed E-state index contributed by atoms with van der Waals surface area (Å²) in [5.74, 6) is 0.569. The summed E-state index contributed by atoms with van der Waals surface area (Å²) in [6.45, 7) is 2.94. The van der Waals surface area contributed by atoms with E-state index in [4.69, 9.17) is 15.4 Å². The highest BCUT2D eigenvalue weighted by atomic mass is 15.6. The predicted octanol–water partition coefficient (Wildman–Crippen LogP) is 8.55. The normalized spacial score (nSPS) is 11.6. The van der Waals surface area contributed by atoms with Gasteiger partial charge in [0, 0.05) is 35.6 Å². The van der Waals surface area contributed by atoms with Crippen LogP contribution in [0, 0.1) is 6.92 Å². The van der Waals surface area contributed by atoms with Crippen LogP contribution in [-0.2, 0) is 12.1 Å². The molecule has 0 aliphatic carbocycles. The Balaban J connectivity index is 1.20. The Kier molecular flexibility index (Phi) is 7.23. The van der Waals surface area contributed by atoms with Crippen molar-refractivity contribution in [3.63, 3.8) is 0 Å². The molecule has 0 unspecified atom stereocenters. The molecule has 8 aromatic rings. The van der Waals surface area contributed by atoms with Crippen LogP contribution in [0.25, 0.3) is 33.4 Å². The summed E-state index contributed by atoms with van der Waals surface area (Å²) in [6.07, 6.45) is 3.78. The molecule has 3 heterocycles. The monoisotopic (exact) mass is 608 g/mol. The second kappa shape index (κ2) is 12.0. The molecule has 6 heteroatoms. The molecule has 0 atom stereocenters. The maximum Gasteiger partial charge on any atom is 0.205 e. The van der Waals surface area contributed by atoms with Crippen molar-refractivity contribution in [1.82, 2.24) is 29.8 Å². The van der Waals surface area contributed by atoms with Crippen LogP contribution in [0.2, 0.25) is 0 Å². The third-order valence-corrected chi connectivity index (χ3v) is 8.97. The van der Waals surface area contributed by atoms with E-state index in [1.54, 1.807) is 4.80 Å². The van der Waals surface area contributed by atoms with E-state index < -0.39 is 5.54 Å².